The lowest BCUT2D eigenvalue weighted by atomic mass is 10.2. The smallest absolute Gasteiger partial charge is 0.252 e. The van der Waals surface area contributed by atoms with Crippen molar-refractivity contribution in [2.24, 2.45) is 10.7 Å². The van der Waals surface area contributed by atoms with E-state index in [-0.39, 0.29) is 5.96 Å². The number of nitrogens with two attached hydrogens (primary N) is 1. The Morgan fingerprint density at radius 3 is 2.47 bits per heavy atom. The lowest BCUT2D eigenvalue weighted by Gasteiger charge is -2.04. The topological polar surface area (TPSA) is 76.2 Å². The Balaban J connectivity index is 2.09. The van der Waals surface area contributed by atoms with Gasteiger partial charge in [0.1, 0.15) is 0 Å². The Hall–Kier alpha value is -2.43. The highest BCUT2D eigenvalue weighted by molar-refractivity contribution is 5.93. The molecule has 3 N–H and O–H groups in total. The summed E-state index contributed by atoms with van der Waals surface area (Å²) < 4.78 is 0. The Kier molecular flexibility index (Phi) is 3.30. The highest BCUT2D eigenvalue weighted by Gasteiger charge is 1.96. The molecule has 1 heterocycles. The maximum Gasteiger partial charge on any atom is 0.252 e. The number of rotatable bonds is 2. The third-order valence-electron chi connectivity index (χ3n) is 2.10. The molecule has 0 saturated heterocycles. The number of hydrogen-bond donors (Lipinski definition) is 2. The van der Waals surface area contributed by atoms with Crippen LogP contribution in [-0.2, 0) is 0 Å². The molecule has 0 unspecified atom stereocenters. The van der Waals surface area contributed by atoms with Gasteiger partial charge in [-0.2, -0.15) is 4.99 Å². The zero-order chi connectivity index (χ0) is 12.1. The Labute approximate surface area is 99.4 Å². The number of aryl methyl sites for hydroxylation is 1. The number of aromatic nitrogens is 2. The highest BCUT2D eigenvalue weighted by atomic mass is 15.2. The minimum atomic E-state index is 0.264. The molecule has 17 heavy (non-hydrogen) atoms. The Morgan fingerprint density at radius 1 is 1.18 bits per heavy atom. The molecule has 0 aliphatic heterocycles. The van der Waals surface area contributed by atoms with Crippen molar-refractivity contribution >= 4 is 17.6 Å². The highest BCUT2D eigenvalue weighted by Crippen LogP contribution is 2.08. The van der Waals surface area contributed by atoms with Crippen LogP contribution in [-0.4, -0.2) is 15.9 Å². The first-order valence-electron chi connectivity index (χ1n) is 5.19. The zero-order valence-electron chi connectivity index (χ0n) is 9.46. The Morgan fingerprint density at radius 2 is 1.82 bits per heavy atom. The molecule has 0 spiro atoms. The molecule has 0 bridgehead atoms. The van der Waals surface area contributed by atoms with Crippen molar-refractivity contribution < 1.29 is 0 Å². The number of benzene rings is 1. The van der Waals surface area contributed by atoms with E-state index in [1.165, 1.54) is 5.56 Å². The summed E-state index contributed by atoms with van der Waals surface area (Å²) in [4.78, 5) is 11.9. The van der Waals surface area contributed by atoms with E-state index in [0.29, 0.717) is 5.95 Å². The van der Waals surface area contributed by atoms with Crippen LogP contribution < -0.4 is 11.1 Å². The molecule has 5 heteroatoms. The van der Waals surface area contributed by atoms with Gasteiger partial charge in [0.05, 0.1) is 0 Å². The molecule has 0 fully saturated rings. The van der Waals surface area contributed by atoms with E-state index in [9.17, 15) is 0 Å². The van der Waals surface area contributed by atoms with Gasteiger partial charge in [0.2, 0.25) is 5.96 Å². The Bertz CT molecular complexity index is 504. The van der Waals surface area contributed by atoms with Gasteiger partial charge >= 0.3 is 0 Å². The molecule has 2 rings (SSSR count). The fourth-order valence-corrected chi connectivity index (χ4v) is 1.27. The van der Waals surface area contributed by atoms with E-state index in [2.05, 4.69) is 20.3 Å². The van der Waals surface area contributed by atoms with Gasteiger partial charge in [-0.05, 0) is 25.1 Å². The van der Waals surface area contributed by atoms with Gasteiger partial charge in [-0.1, -0.05) is 17.7 Å². The average molecular weight is 227 g/mol. The second kappa shape index (κ2) is 5.07. The summed E-state index contributed by atoms with van der Waals surface area (Å²) in [6.45, 7) is 2.03. The van der Waals surface area contributed by atoms with E-state index in [1.54, 1.807) is 18.5 Å². The van der Waals surface area contributed by atoms with Crippen LogP contribution in [0, 0.1) is 6.92 Å². The van der Waals surface area contributed by atoms with Crippen LogP contribution in [0.25, 0.3) is 0 Å². The largest absolute Gasteiger partial charge is 0.369 e. The molecule has 0 amide bonds. The van der Waals surface area contributed by atoms with Crippen LogP contribution in [0.2, 0.25) is 0 Å². The molecular weight excluding hydrogens is 214 g/mol. The molecule has 0 radical (unpaired) electrons. The molecular formula is C12H13N5. The van der Waals surface area contributed by atoms with Crippen LogP contribution in [0.1, 0.15) is 5.56 Å². The van der Waals surface area contributed by atoms with Crippen molar-refractivity contribution in [3.8, 4) is 0 Å². The molecule has 2 aromatic rings. The molecule has 86 valence electrons. The van der Waals surface area contributed by atoms with E-state index >= 15 is 0 Å². The van der Waals surface area contributed by atoms with Crippen molar-refractivity contribution in [1.82, 2.24) is 9.97 Å². The third kappa shape index (κ3) is 3.27. The van der Waals surface area contributed by atoms with Crippen molar-refractivity contribution in [3.63, 3.8) is 0 Å². The SMILES string of the molecule is Cc1ccc(N/C(N)=N/c2ncccn2)cc1. The van der Waals surface area contributed by atoms with Crippen LogP contribution >= 0.6 is 0 Å². The monoisotopic (exact) mass is 227 g/mol. The normalized spacial score (nSPS) is 11.2. The summed E-state index contributed by atoms with van der Waals surface area (Å²) in [6.07, 6.45) is 3.23. The molecule has 1 aromatic carbocycles. The lowest BCUT2D eigenvalue weighted by molar-refractivity contribution is 1.13. The fourth-order valence-electron chi connectivity index (χ4n) is 1.27. The number of nitrogens with one attached hydrogen (secondary N) is 1. The van der Waals surface area contributed by atoms with Gasteiger partial charge in [0.25, 0.3) is 5.95 Å². The first kappa shape index (κ1) is 11.1. The predicted octanol–water partition coefficient (Wildman–Crippen LogP) is 1.84. The standard InChI is InChI=1S/C12H13N5/c1-9-3-5-10(6-4-9)16-11(13)17-12-14-7-2-8-15-12/h2-8H,1H3,(H3,13,14,15,16,17). The van der Waals surface area contributed by atoms with E-state index < -0.39 is 0 Å². The van der Waals surface area contributed by atoms with Crippen molar-refractivity contribution in [2.75, 3.05) is 5.32 Å². The molecule has 0 aliphatic rings. The number of anilines is 1. The quantitative estimate of drug-likeness (QED) is 0.606. The second-order valence-corrected chi connectivity index (χ2v) is 3.54. The minimum absolute atomic E-state index is 0.264. The van der Waals surface area contributed by atoms with Gasteiger partial charge in [0.15, 0.2) is 0 Å². The second-order valence-electron chi connectivity index (χ2n) is 3.54. The van der Waals surface area contributed by atoms with Crippen LogP contribution in [0.15, 0.2) is 47.7 Å². The molecule has 0 aliphatic carbocycles. The summed E-state index contributed by atoms with van der Waals surface area (Å²) >= 11 is 0. The van der Waals surface area contributed by atoms with Gasteiger partial charge in [-0.15, -0.1) is 0 Å². The zero-order valence-corrected chi connectivity index (χ0v) is 9.46. The summed E-state index contributed by atoms with van der Waals surface area (Å²) in [5.41, 5.74) is 7.81. The van der Waals surface area contributed by atoms with Crippen LogP contribution in [0.4, 0.5) is 11.6 Å². The van der Waals surface area contributed by atoms with E-state index in [0.717, 1.165) is 5.69 Å². The van der Waals surface area contributed by atoms with Gasteiger partial charge in [-0.3, -0.25) is 0 Å². The van der Waals surface area contributed by atoms with Crippen molar-refractivity contribution in [1.29, 1.82) is 0 Å². The minimum Gasteiger partial charge on any atom is -0.369 e. The van der Waals surface area contributed by atoms with E-state index in [1.807, 2.05) is 31.2 Å². The first-order valence-corrected chi connectivity index (χ1v) is 5.19. The maximum atomic E-state index is 5.73. The van der Waals surface area contributed by atoms with Crippen molar-refractivity contribution in [2.45, 2.75) is 6.92 Å². The lowest BCUT2D eigenvalue weighted by Crippen LogP contribution is -2.22. The summed E-state index contributed by atoms with van der Waals surface area (Å²) in [7, 11) is 0. The molecule has 0 atom stereocenters. The van der Waals surface area contributed by atoms with Crippen LogP contribution in [0.5, 0.6) is 0 Å². The van der Waals surface area contributed by atoms with Crippen LogP contribution in [0.3, 0.4) is 0 Å². The van der Waals surface area contributed by atoms with Gasteiger partial charge in [0, 0.05) is 18.1 Å². The first-order chi connectivity index (χ1) is 8.24. The van der Waals surface area contributed by atoms with Gasteiger partial charge in [-0.25, -0.2) is 9.97 Å². The molecule has 5 nitrogen and oxygen atoms in total. The average Bonchev–Trinajstić information content (AvgIpc) is 2.33. The number of guanidine groups is 1. The number of hydrogen-bond acceptors (Lipinski definition) is 3. The number of nitrogens with zero attached hydrogens (tertiary/aromatic N) is 3. The summed E-state index contributed by atoms with van der Waals surface area (Å²) in [5, 5.41) is 2.97. The van der Waals surface area contributed by atoms with E-state index in [4.69, 9.17) is 5.73 Å². The summed E-state index contributed by atoms with van der Waals surface area (Å²) in [5.74, 6) is 0.602. The molecule has 1 aromatic heterocycles. The summed E-state index contributed by atoms with van der Waals surface area (Å²) in [6, 6.07) is 9.58. The number of aliphatic imine (C=N–C) groups is 1. The van der Waals surface area contributed by atoms with Gasteiger partial charge < -0.3 is 11.1 Å². The third-order valence-corrected chi connectivity index (χ3v) is 2.10. The van der Waals surface area contributed by atoms with Crippen molar-refractivity contribution in [3.05, 3.63) is 48.3 Å². The maximum absolute atomic E-state index is 5.73. The predicted molar refractivity (Wildman–Crippen MR) is 68.1 cm³/mol. The molecule has 0 saturated carbocycles. The fraction of sp³-hybridized carbons (Fsp3) is 0.0833.